The van der Waals surface area contributed by atoms with Gasteiger partial charge >= 0.3 is 0 Å². The zero-order chi connectivity index (χ0) is 27.0. The molecule has 1 N–H and O–H groups in total. The smallest absolute Gasteiger partial charge is 0.162 e. The molecule has 2 aromatic carbocycles. The summed E-state index contributed by atoms with van der Waals surface area (Å²) in [6, 6.07) is 9.09. The number of aromatic nitrogens is 2. The van der Waals surface area contributed by atoms with Crippen molar-refractivity contribution in [2.75, 3.05) is 46.6 Å². The van der Waals surface area contributed by atoms with Gasteiger partial charge in [-0.05, 0) is 36.2 Å². The van der Waals surface area contributed by atoms with Crippen LogP contribution in [0.2, 0.25) is 0 Å². The quantitative estimate of drug-likeness (QED) is 0.356. The van der Waals surface area contributed by atoms with Crippen molar-refractivity contribution in [3.8, 4) is 17.2 Å². The molecule has 4 rings (SSSR count). The van der Waals surface area contributed by atoms with Gasteiger partial charge in [-0.1, -0.05) is 13.0 Å². The van der Waals surface area contributed by atoms with E-state index in [1.165, 1.54) is 6.07 Å². The highest BCUT2D eigenvalue weighted by molar-refractivity contribution is 5.43. The molecule has 1 aliphatic rings. The number of benzene rings is 2. The summed E-state index contributed by atoms with van der Waals surface area (Å²) in [5.74, 6) is 0.568. The monoisotopic (exact) mass is 531 g/mol. The molecule has 0 amide bonds. The molecule has 1 saturated heterocycles. The number of hydrogen-bond acceptors (Lipinski definition) is 7. The number of hydrogen-bond donors (Lipinski definition) is 1. The minimum Gasteiger partial charge on any atom is -0.493 e. The molecule has 0 unspecified atom stereocenters. The third kappa shape index (κ3) is 7.43. The lowest BCUT2D eigenvalue weighted by Crippen LogP contribution is -2.48. The van der Waals surface area contributed by atoms with Gasteiger partial charge in [0.15, 0.2) is 23.1 Å². The Balaban J connectivity index is 1.32. The number of β-amino-alcohol motifs (C(OH)–C–C–N with tert-alkyl or cyclic N) is 1. The van der Waals surface area contributed by atoms with Gasteiger partial charge in [0.2, 0.25) is 0 Å². The summed E-state index contributed by atoms with van der Waals surface area (Å²) >= 11 is 0. The fourth-order valence-electron chi connectivity index (χ4n) is 4.47. The van der Waals surface area contributed by atoms with Gasteiger partial charge in [0.1, 0.15) is 23.8 Å². The molecule has 2 heterocycles. The van der Waals surface area contributed by atoms with E-state index in [4.69, 9.17) is 18.9 Å². The van der Waals surface area contributed by atoms with Crippen LogP contribution < -0.4 is 14.2 Å². The van der Waals surface area contributed by atoms with Crippen molar-refractivity contribution < 1.29 is 32.8 Å². The standard InChI is InChI=1S/C28H35F2N3O5/c1-3-27-31-9-11-33(27)10-4-13-37-25-8-5-21(15-26(25)35-2)17-32-12-14-36-19-28(34,18-32)20-38-22-6-7-23(29)24(30)16-22/h5-9,11,15-16,34H,3-4,10,12-14,17-20H2,1-2H3/t28-/m0/s1. The predicted octanol–water partition coefficient (Wildman–Crippen LogP) is 3.84. The van der Waals surface area contributed by atoms with Crippen LogP contribution >= 0.6 is 0 Å². The molecule has 1 aromatic heterocycles. The van der Waals surface area contributed by atoms with Gasteiger partial charge in [0.25, 0.3) is 0 Å². The molecular formula is C28H35F2N3O5. The molecule has 1 aliphatic heterocycles. The molecular weight excluding hydrogens is 496 g/mol. The van der Waals surface area contributed by atoms with E-state index in [1.807, 2.05) is 30.6 Å². The first-order valence-corrected chi connectivity index (χ1v) is 12.8. The second kappa shape index (κ2) is 13.0. The van der Waals surface area contributed by atoms with Gasteiger partial charge in [0.05, 0.1) is 26.9 Å². The summed E-state index contributed by atoms with van der Waals surface area (Å²) in [5.41, 5.74) is -0.326. The van der Waals surface area contributed by atoms with E-state index in [0.29, 0.717) is 37.8 Å². The maximum atomic E-state index is 13.5. The van der Waals surface area contributed by atoms with Gasteiger partial charge in [-0.25, -0.2) is 13.8 Å². The fraction of sp³-hybridized carbons (Fsp3) is 0.464. The van der Waals surface area contributed by atoms with Crippen LogP contribution in [0.4, 0.5) is 8.78 Å². The zero-order valence-electron chi connectivity index (χ0n) is 21.9. The third-order valence-corrected chi connectivity index (χ3v) is 6.39. The molecule has 0 aliphatic carbocycles. The second-order valence-corrected chi connectivity index (χ2v) is 9.43. The molecule has 3 aromatic rings. The van der Waals surface area contributed by atoms with Crippen molar-refractivity contribution in [1.82, 2.24) is 14.5 Å². The van der Waals surface area contributed by atoms with E-state index in [9.17, 15) is 13.9 Å². The van der Waals surface area contributed by atoms with Crippen molar-refractivity contribution in [3.05, 3.63) is 71.8 Å². The number of imidazole rings is 1. The van der Waals surface area contributed by atoms with Crippen molar-refractivity contribution >= 4 is 0 Å². The number of rotatable bonds is 12. The number of aryl methyl sites for hydroxylation is 2. The lowest BCUT2D eigenvalue weighted by molar-refractivity contribution is -0.0647. The minimum atomic E-state index is -1.32. The van der Waals surface area contributed by atoms with Crippen LogP contribution in [0.25, 0.3) is 0 Å². The van der Waals surface area contributed by atoms with Gasteiger partial charge in [-0.15, -0.1) is 0 Å². The Morgan fingerprint density at radius 1 is 1.11 bits per heavy atom. The van der Waals surface area contributed by atoms with E-state index >= 15 is 0 Å². The van der Waals surface area contributed by atoms with Gasteiger partial charge in [-0.3, -0.25) is 4.90 Å². The van der Waals surface area contributed by atoms with Gasteiger partial charge in [0, 0.05) is 51.1 Å². The van der Waals surface area contributed by atoms with Crippen LogP contribution in [0.1, 0.15) is 24.7 Å². The maximum absolute atomic E-state index is 13.5. The van der Waals surface area contributed by atoms with Gasteiger partial charge < -0.3 is 28.6 Å². The zero-order valence-corrected chi connectivity index (χ0v) is 21.9. The van der Waals surface area contributed by atoms with Crippen molar-refractivity contribution in [3.63, 3.8) is 0 Å². The average Bonchev–Trinajstić information content (AvgIpc) is 3.29. The first-order valence-electron chi connectivity index (χ1n) is 12.8. The summed E-state index contributed by atoms with van der Waals surface area (Å²) in [5, 5.41) is 11.1. The molecule has 0 spiro atoms. The lowest BCUT2D eigenvalue weighted by Gasteiger charge is -2.30. The van der Waals surface area contributed by atoms with Crippen molar-refractivity contribution in [1.29, 1.82) is 0 Å². The number of aliphatic hydroxyl groups is 1. The highest BCUT2D eigenvalue weighted by Gasteiger charge is 2.33. The summed E-state index contributed by atoms with van der Waals surface area (Å²) in [7, 11) is 1.61. The van der Waals surface area contributed by atoms with Crippen LogP contribution in [0, 0.1) is 11.6 Å². The Bertz CT molecular complexity index is 1190. The van der Waals surface area contributed by atoms with Crippen LogP contribution in [0.5, 0.6) is 17.2 Å². The van der Waals surface area contributed by atoms with Crippen molar-refractivity contribution in [2.24, 2.45) is 0 Å². The van der Waals surface area contributed by atoms with Crippen molar-refractivity contribution in [2.45, 2.75) is 38.5 Å². The van der Waals surface area contributed by atoms with Gasteiger partial charge in [-0.2, -0.15) is 0 Å². The molecule has 1 atom stereocenters. The molecule has 0 radical (unpaired) electrons. The number of halogens is 2. The maximum Gasteiger partial charge on any atom is 0.162 e. The normalized spacial score (nSPS) is 18.2. The first-order chi connectivity index (χ1) is 18.4. The molecule has 10 heteroatoms. The molecule has 8 nitrogen and oxygen atoms in total. The second-order valence-electron chi connectivity index (χ2n) is 9.43. The van der Waals surface area contributed by atoms with Crippen LogP contribution in [0.3, 0.4) is 0 Å². The molecule has 206 valence electrons. The Hall–Kier alpha value is -3.21. The Morgan fingerprint density at radius 3 is 2.76 bits per heavy atom. The van der Waals surface area contributed by atoms with Crippen LogP contribution in [0.15, 0.2) is 48.8 Å². The van der Waals surface area contributed by atoms with Crippen LogP contribution in [-0.2, 0) is 24.2 Å². The predicted molar refractivity (Wildman–Crippen MR) is 138 cm³/mol. The van der Waals surface area contributed by atoms with Crippen LogP contribution in [-0.4, -0.2) is 71.8 Å². The van der Waals surface area contributed by atoms with E-state index in [2.05, 4.69) is 21.4 Å². The number of methoxy groups -OCH3 is 1. The average molecular weight is 532 g/mol. The Kier molecular flexibility index (Phi) is 9.54. The largest absolute Gasteiger partial charge is 0.493 e. The molecule has 0 saturated carbocycles. The lowest BCUT2D eigenvalue weighted by atomic mass is 10.1. The topological polar surface area (TPSA) is 78.2 Å². The molecule has 0 bridgehead atoms. The number of ether oxygens (including phenoxy) is 4. The minimum absolute atomic E-state index is 0.0715. The number of nitrogens with zero attached hydrogens (tertiary/aromatic N) is 3. The molecule has 38 heavy (non-hydrogen) atoms. The van der Waals surface area contributed by atoms with E-state index in [0.717, 1.165) is 42.9 Å². The van der Waals surface area contributed by atoms with E-state index < -0.39 is 17.2 Å². The van der Waals surface area contributed by atoms with E-state index in [-0.39, 0.29) is 25.5 Å². The fourth-order valence-corrected chi connectivity index (χ4v) is 4.47. The highest BCUT2D eigenvalue weighted by Crippen LogP contribution is 2.29. The SMILES string of the molecule is CCc1nccn1CCCOc1ccc(CN2CCOC[C@](O)(COc3ccc(F)c(F)c3)C2)cc1OC. The highest BCUT2D eigenvalue weighted by atomic mass is 19.2. The Labute approximate surface area is 221 Å². The Morgan fingerprint density at radius 2 is 1.97 bits per heavy atom. The summed E-state index contributed by atoms with van der Waals surface area (Å²) in [6.07, 6.45) is 5.54. The summed E-state index contributed by atoms with van der Waals surface area (Å²) in [6.45, 7) is 5.31. The molecule has 1 fully saturated rings. The third-order valence-electron chi connectivity index (χ3n) is 6.39. The summed E-state index contributed by atoms with van der Waals surface area (Å²) in [4.78, 5) is 6.41. The summed E-state index contributed by atoms with van der Waals surface area (Å²) < 4.78 is 51.6. The first kappa shape index (κ1) is 27.8. The van der Waals surface area contributed by atoms with E-state index in [1.54, 1.807) is 7.11 Å².